The lowest BCUT2D eigenvalue weighted by Gasteiger charge is -2.24. The molecule has 2 atom stereocenters. The quantitative estimate of drug-likeness (QED) is 0.897. The van der Waals surface area contributed by atoms with Gasteiger partial charge in [-0.3, -0.25) is 9.59 Å². The van der Waals surface area contributed by atoms with Crippen LogP contribution in [0.1, 0.15) is 23.0 Å². The van der Waals surface area contributed by atoms with E-state index in [1.54, 1.807) is 12.1 Å². The number of nitrogens with zero attached hydrogens (tertiary/aromatic N) is 1. The van der Waals surface area contributed by atoms with Crippen molar-refractivity contribution in [2.45, 2.75) is 25.6 Å². The molecule has 1 aromatic carbocycles. The first-order valence-electron chi connectivity index (χ1n) is 7.44. The average Bonchev–Trinajstić information content (AvgIpc) is 3.06. The molecule has 128 valence electrons. The Morgan fingerprint density at radius 1 is 1.46 bits per heavy atom. The van der Waals surface area contributed by atoms with Crippen molar-refractivity contribution in [2.75, 3.05) is 13.1 Å². The summed E-state index contributed by atoms with van der Waals surface area (Å²) in [5.41, 5.74) is 0. The number of nitrogens with one attached hydrogen (secondary N) is 1. The van der Waals surface area contributed by atoms with Crippen molar-refractivity contribution in [3.63, 3.8) is 0 Å². The van der Waals surface area contributed by atoms with E-state index < -0.39 is 23.9 Å². The molecule has 2 heterocycles. The second-order valence-corrected chi connectivity index (χ2v) is 7.17. The Labute approximate surface area is 146 Å². The maximum Gasteiger partial charge on any atom is 0.265 e. The highest BCUT2D eigenvalue weighted by Gasteiger charge is 2.37. The summed E-state index contributed by atoms with van der Waals surface area (Å²) in [5.74, 6) is -1.17. The number of likely N-dealkylation sites (tertiary alicyclic amines) is 1. The summed E-state index contributed by atoms with van der Waals surface area (Å²) >= 11 is 7.29. The Kier molecular flexibility index (Phi) is 4.73. The van der Waals surface area contributed by atoms with E-state index in [4.69, 9.17) is 11.6 Å². The van der Waals surface area contributed by atoms with Crippen molar-refractivity contribution in [3.8, 4) is 0 Å². The lowest BCUT2D eigenvalue weighted by atomic mass is 10.2. The zero-order valence-electron chi connectivity index (χ0n) is 12.8. The van der Waals surface area contributed by atoms with E-state index in [1.165, 1.54) is 17.9 Å². The standard InChI is InChI=1S/C16H15ClF2N2O2S/c1-8(22)20-6-10-5-9(18)7-21(10)16(23)15-14(17)13-11(19)3-2-4-12(13)24-15/h2-4,9-10H,5-7H2,1H3,(H,20,22)/t9-,10-/m0/s1. The summed E-state index contributed by atoms with van der Waals surface area (Å²) in [4.78, 5) is 25.4. The molecule has 1 aliphatic rings. The van der Waals surface area contributed by atoms with Gasteiger partial charge in [-0.15, -0.1) is 11.3 Å². The molecule has 8 heteroatoms. The molecule has 3 rings (SSSR count). The third kappa shape index (κ3) is 3.10. The molecule has 1 aromatic heterocycles. The Balaban J connectivity index is 1.91. The second kappa shape index (κ2) is 6.64. The fraction of sp³-hybridized carbons (Fsp3) is 0.375. The normalized spacial score (nSPS) is 20.6. The van der Waals surface area contributed by atoms with Gasteiger partial charge in [0.05, 0.1) is 17.6 Å². The van der Waals surface area contributed by atoms with Crippen LogP contribution < -0.4 is 5.32 Å². The van der Waals surface area contributed by atoms with Crippen molar-refractivity contribution in [2.24, 2.45) is 0 Å². The van der Waals surface area contributed by atoms with Gasteiger partial charge >= 0.3 is 0 Å². The molecule has 0 aliphatic carbocycles. The number of hydrogen-bond donors (Lipinski definition) is 1. The Bertz CT molecular complexity index is 811. The largest absolute Gasteiger partial charge is 0.354 e. The van der Waals surface area contributed by atoms with Gasteiger partial charge in [-0.1, -0.05) is 17.7 Å². The summed E-state index contributed by atoms with van der Waals surface area (Å²) < 4.78 is 28.3. The first-order chi connectivity index (χ1) is 11.4. The summed E-state index contributed by atoms with van der Waals surface area (Å²) in [6, 6.07) is 4.07. The predicted octanol–water partition coefficient (Wildman–Crippen LogP) is 3.38. The molecule has 0 saturated carbocycles. The van der Waals surface area contributed by atoms with Gasteiger partial charge in [0, 0.05) is 30.0 Å². The van der Waals surface area contributed by atoms with Gasteiger partial charge in [0.25, 0.3) is 5.91 Å². The molecule has 0 unspecified atom stereocenters. The molecule has 0 radical (unpaired) electrons. The topological polar surface area (TPSA) is 49.4 Å². The number of hydrogen-bond acceptors (Lipinski definition) is 3. The fourth-order valence-electron chi connectivity index (χ4n) is 2.90. The number of benzene rings is 1. The van der Waals surface area contributed by atoms with Gasteiger partial charge in [-0.2, -0.15) is 0 Å². The zero-order chi connectivity index (χ0) is 17.4. The monoisotopic (exact) mass is 372 g/mol. The molecular formula is C16H15ClF2N2O2S. The van der Waals surface area contributed by atoms with Crippen molar-refractivity contribution in [1.82, 2.24) is 10.2 Å². The van der Waals surface area contributed by atoms with E-state index in [-0.39, 0.29) is 40.7 Å². The number of carbonyl (C=O) groups excluding carboxylic acids is 2. The van der Waals surface area contributed by atoms with E-state index in [2.05, 4.69) is 5.32 Å². The molecule has 1 saturated heterocycles. The van der Waals surface area contributed by atoms with Crippen molar-refractivity contribution in [1.29, 1.82) is 0 Å². The van der Waals surface area contributed by atoms with E-state index >= 15 is 0 Å². The zero-order valence-corrected chi connectivity index (χ0v) is 14.4. The number of fused-ring (bicyclic) bond motifs is 1. The van der Waals surface area contributed by atoms with Gasteiger partial charge in [-0.25, -0.2) is 8.78 Å². The van der Waals surface area contributed by atoms with Crippen LogP contribution in [0.5, 0.6) is 0 Å². The molecule has 4 nitrogen and oxygen atoms in total. The molecule has 1 N–H and O–H groups in total. The van der Waals surface area contributed by atoms with Crippen molar-refractivity contribution in [3.05, 3.63) is 33.9 Å². The highest BCUT2D eigenvalue weighted by molar-refractivity contribution is 7.21. The number of carbonyl (C=O) groups is 2. The summed E-state index contributed by atoms with van der Waals surface area (Å²) in [6.45, 7) is 1.48. The van der Waals surface area contributed by atoms with Gasteiger partial charge in [0.2, 0.25) is 5.91 Å². The third-order valence-electron chi connectivity index (χ3n) is 4.01. The summed E-state index contributed by atoms with van der Waals surface area (Å²) in [7, 11) is 0. The number of amides is 2. The maximum absolute atomic E-state index is 13.9. The molecule has 24 heavy (non-hydrogen) atoms. The van der Waals surface area contributed by atoms with E-state index in [0.29, 0.717) is 4.70 Å². The molecule has 0 bridgehead atoms. The Morgan fingerprint density at radius 3 is 2.88 bits per heavy atom. The van der Waals surface area contributed by atoms with E-state index in [9.17, 15) is 18.4 Å². The fourth-order valence-corrected chi connectivity index (χ4v) is 4.41. The smallest absolute Gasteiger partial charge is 0.265 e. The van der Waals surface area contributed by atoms with Crippen molar-refractivity contribution < 1.29 is 18.4 Å². The number of thiophene rings is 1. The Morgan fingerprint density at radius 2 is 2.21 bits per heavy atom. The second-order valence-electron chi connectivity index (χ2n) is 5.74. The maximum atomic E-state index is 13.9. The highest BCUT2D eigenvalue weighted by Crippen LogP contribution is 2.38. The lowest BCUT2D eigenvalue weighted by Crippen LogP contribution is -2.42. The van der Waals surface area contributed by atoms with Gasteiger partial charge < -0.3 is 10.2 Å². The molecule has 1 fully saturated rings. The lowest BCUT2D eigenvalue weighted by molar-refractivity contribution is -0.119. The van der Waals surface area contributed by atoms with E-state index in [0.717, 1.165) is 11.3 Å². The van der Waals surface area contributed by atoms with Crippen molar-refractivity contribution >= 4 is 44.8 Å². The highest BCUT2D eigenvalue weighted by atomic mass is 35.5. The van der Waals surface area contributed by atoms with Crippen LogP contribution in [0.3, 0.4) is 0 Å². The van der Waals surface area contributed by atoms with Crippen LogP contribution in [0.25, 0.3) is 10.1 Å². The average molecular weight is 373 g/mol. The first-order valence-corrected chi connectivity index (χ1v) is 8.64. The minimum atomic E-state index is -1.16. The van der Waals surface area contributed by atoms with Gasteiger partial charge in [0.1, 0.15) is 16.9 Å². The minimum absolute atomic E-state index is 0.0543. The third-order valence-corrected chi connectivity index (χ3v) is 5.64. The first kappa shape index (κ1) is 17.1. The Hall–Kier alpha value is -1.73. The molecule has 1 aliphatic heterocycles. The van der Waals surface area contributed by atoms with Crippen LogP contribution in [0.2, 0.25) is 5.02 Å². The van der Waals surface area contributed by atoms with Gasteiger partial charge in [-0.05, 0) is 12.1 Å². The van der Waals surface area contributed by atoms with Crippen LogP contribution >= 0.6 is 22.9 Å². The van der Waals surface area contributed by atoms with E-state index in [1.807, 2.05) is 0 Å². The van der Waals surface area contributed by atoms with Crippen LogP contribution in [0, 0.1) is 5.82 Å². The summed E-state index contributed by atoms with van der Waals surface area (Å²) in [5, 5.41) is 2.87. The molecule has 2 amide bonds. The molecule has 0 spiro atoms. The van der Waals surface area contributed by atoms with Crippen LogP contribution in [0.4, 0.5) is 8.78 Å². The SMILES string of the molecule is CC(=O)NC[C@@H]1C[C@H](F)CN1C(=O)c1sc2cccc(F)c2c1Cl. The summed E-state index contributed by atoms with van der Waals surface area (Å²) in [6.07, 6.45) is -0.999. The number of rotatable bonds is 3. The van der Waals surface area contributed by atoms with Crippen LogP contribution in [-0.4, -0.2) is 42.0 Å². The van der Waals surface area contributed by atoms with Crippen LogP contribution in [0.15, 0.2) is 18.2 Å². The predicted molar refractivity (Wildman–Crippen MR) is 89.8 cm³/mol. The molecule has 2 aromatic rings. The number of alkyl halides is 1. The number of halogens is 3. The van der Waals surface area contributed by atoms with Gasteiger partial charge in [0.15, 0.2) is 0 Å². The van der Waals surface area contributed by atoms with Crippen LogP contribution in [-0.2, 0) is 4.79 Å². The minimum Gasteiger partial charge on any atom is -0.354 e. The molecular weight excluding hydrogens is 358 g/mol.